The Kier molecular flexibility index (Phi) is 14.8. The van der Waals surface area contributed by atoms with E-state index in [0.29, 0.717) is 33.4 Å². The van der Waals surface area contributed by atoms with Crippen LogP contribution >= 0.6 is 0 Å². The van der Waals surface area contributed by atoms with E-state index in [1.807, 2.05) is 84.9 Å². The Labute approximate surface area is 326 Å². The van der Waals surface area contributed by atoms with Crippen LogP contribution in [0.25, 0.3) is 11.1 Å². The Balaban J connectivity index is 1.28. The Morgan fingerprint density at radius 2 is 0.714 bits per heavy atom. The minimum absolute atomic E-state index is 0.165. The van der Waals surface area contributed by atoms with Crippen molar-refractivity contribution >= 4 is 35.0 Å². The Morgan fingerprint density at radius 3 is 0.964 bits per heavy atom. The van der Waals surface area contributed by atoms with Gasteiger partial charge in [0.2, 0.25) is 0 Å². The van der Waals surface area contributed by atoms with E-state index in [2.05, 4.69) is 0 Å². The van der Waals surface area contributed by atoms with Crippen LogP contribution in [-0.4, -0.2) is 50.3 Å². The van der Waals surface area contributed by atoms with Gasteiger partial charge in [-0.25, -0.2) is 19.2 Å². The van der Waals surface area contributed by atoms with Gasteiger partial charge in [0.05, 0.1) is 13.2 Å². The summed E-state index contributed by atoms with van der Waals surface area (Å²) in [5, 5.41) is 20.0. The van der Waals surface area contributed by atoms with E-state index in [-0.39, 0.29) is 37.6 Å². The molecule has 0 aliphatic heterocycles. The minimum Gasteiger partial charge on any atom is -0.462 e. The van der Waals surface area contributed by atoms with Gasteiger partial charge >= 0.3 is 23.9 Å². The summed E-state index contributed by atoms with van der Waals surface area (Å²) in [6, 6.07) is 40.2. The molecule has 0 unspecified atom stereocenters. The fraction of sp³-hybridized carbons (Fsp3) is 0.217. The lowest BCUT2D eigenvalue weighted by molar-refractivity contribution is -0.149. The van der Waals surface area contributed by atoms with Crippen LogP contribution in [0.4, 0.5) is 0 Å². The molecule has 0 amide bonds. The zero-order valence-electron chi connectivity index (χ0n) is 31.7. The molecular weight excluding hydrogens is 709 g/mol. The smallest absolute Gasteiger partial charge is 0.349 e. The number of esters is 4. The number of rotatable bonds is 16. The number of nitrogens with zero attached hydrogens (tertiary/aromatic N) is 2. The van der Waals surface area contributed by atoms with Gasteiger partial charge in [-0.05, 0) is 22.3 Å². The molecule has 10 nitrogen and oxygen atoms in total. The lowest BCUT2D eigenvalue weighted by atomic mass is 9.93. The van der Waals surface area contributed by atoms with Gasteiger partial charge in [0.1, 0.15) is 36.5 Å². The summed E-state index contributed by atoms with van der Waals surface area (Å²) in [4.78, 5) is 51.3. The second-order valence-corrected chi connectivity index (χ2v) is 14.2. The molecule has 0 radical (unpaired) electrons. The molecule has 0 saturated heterocycles. The average Bonchev–Trinajstić information content (AvgIpc) is 3.22. The van der Waals surface area contributed by atoms with Gasteiger partial charge in [0.25, 0.3) is 0 Å². The van der Waals surface area contributed by atoms with Gasteiger partial charge in [-0.1, -0.05) is 149 Å². The largest absolute Gasteiger partial charge is 0.462 e. The lowest BCUT2D eigenvalue weighted by Gasteiger charge is -2.24. The standard InChI is InChI=1S/C46H42N2O8/c1-45(2,31-55-43(51)37(27-47)41(33-17-9-5-10-18-33)34-19-11-6-12-20-34)29-53-39(49)25-26-40(50)54-30-46(3,4)32-56-44(52)38(28-48)42(35-21-13-7-14-22-35)36-23-15-8-16-24-36/h5-26H,29-32H2,1-4H3/b26-25+. The van der Waals surface area contributed by atoms with Gasteiger partial charge in [-0.3, -0.25) is 0 Å². The van der Waals surface area contributed by atoms with Crippen molar-refractivity contribution in [2.45, 2.75) is 27.7 Å². The van der Waals surface area contributed by atoms with E-state index in [9.17, 15) is 29.7 Å². The molecule has 4 aromatic rings. The fourth-order valence-electron chi connectivity index (χ4n) is 5.25. The molecule has 0 heterocycles. The molecule has 284 valence electrons. The van der Waals surface area contributed by atoms with E-state index >= 15 is 0 Å². The molecule has 10 heteroatoms. The first-order chi connectivity index (χ1) is 26.8. The number of nitriles is 2. The number of carbonyl (C=O) groups is 4. The second kappa shape index (κ2) is 19.9. The molecule has 0 aromatic heterocycles. The molecule has 0 N–H and O–H groups in total. The summed E-state index contributed by atoms with van der Waals surface area (Å²) in [6.45, 7) is 6.19. The first-order valence-corrected chi connectivity index (χ1v) is 17.7. The Bertz CT molecular complexity index is 1940. The van der Waals surface area contributed by atoms with Crippen molar-refractivity contribution < 1.29 is 38.1 Å². The maximum Gasteiger partial charge on any atom is 0.349 e. The van der Waals surface area contributed by atoms with E-state index in [1.165, 1.54) is 0 Å². The van der Waals surface area contributed by atoms with Crippen LogP contribution in [0.3, 0.4) is 0 Å². The molecule has 56 heavy (non-hydrogen) atoms. The summed E-state index contributed by atoms with van der Waals surface area (Å²) in [5.74, 6) is -3.29. The third kappa shape index (κ3) is 12.3. The topological polar surface area (TPSA) is 153 Å². The Hall–Kier alpha value is -7.04. The molecular formula is C46H42N2O8. The van der Waals surface area contributed by atoms with E-state index in [4.69, 9.17) is 18.9 Å². The number of hydrogen-bond acceptors (Lipinski definition) is 10. The van der Waals surface area contributed by atoms with Crippen LogP contribution in [-0.2, 0) is 38.1 Å². The summed E-state index contributed by atoms with van der Waals surface area (Å²) < 4.78 is 21.7. The highest BCUT2D eigenvalue weighted by Gasteiger charge is 2.28. The predicted octanol–water partition coefficient (Wildman–Crippen LogP) is 7.82. The molecule has 4 aromatic carbocycles. The van der Waals surface area contributed by atoms with Crippen LogP contribution in [0.2, 0.25) is 0 Å². The molecule has 0 fully saturated rings. The monoisotopic (exact) mass is 750 g/mol. The van der Waals surface area contributed by atoms with E-state index in [0.717, 1.165) is 12.2 Å². The molecule has 0 bridgehead atoms. The van der Waals surface area contributed by atoms with Crippen molar-refractivity contribution in [3.05, 3.63) is 167 Å². The van der Waals surface area contributed by atoms with Gasteiger partial charge in [-0.15, -0.1) is 0 Å². The molecule has 0 saturated carbocycles. The van der Waals surface area contributed by atoms with Gasteiger partial charge in [-0.2, -0.15) is 10.5 Å². The average molecular weight is 751 g/mol. The zero-order valence-corrected chi connectivity index (χ0v) is 31.7. The van der Waals surface area contributed by atoms with Crippen molar-refractivity contribution in [3.8, 4) is 12.1 Å². The number of carbonyl (C=O) groups excluding carboxylic acids is 4. The highest BCUT2D eigenvalue weighted by molar-refractivity contribution is 6.06. The van der Waals surface area contributed by atoms with E-state index < -0.39 is 34.7 Å². The predicted molar refractivity (Wildman–Crippen MR) is 210 cm³/mol. The Morgan fingerprint density at radius 1 is 0.464 bits per heavy atom. The SMILES string of the molecule is CC(C)(COC(=O)/C=C/C(=O)OCC(C)(C)COC(=O)C(C#N)=C(c1ccccc1)c1ccccc1)COC(=O)C(C#N)=C(c1ccccc1)c1ccccc1. The van der Waals surface area contributed by atoms with Gasteiger partial charge in [0, 0.05) is 34.1 Å². The third-order valence-electron chi connectivity index (χ3n) is 8.14. The minimum atomic E-state index is -0.842. The van der Waals surface area contributed by atoms with Crippen LogP contribution in [0, 0.1) is 33.5 Å². The summed E-state index contributed by atoms with van der Waals surface area (Å²) in [5.41, 5.74) is 1.57. The van der Waals surface area contributed by atoms with Crippen LogP contribution in [0.1, 0.15) is 49.9 Å². The number of hydrogen-bond donors (Lipinski definition) is 0. The van der Waals surface area contributed by atoms with Crippen molar-refractivity contribution in [2.75, 3.05) is 26.4 Å². The maximum atomic E-state index is 13.2. The second-order valence-electron chi connectivity index (χ2n) is 14.2. The van der Waals surface area contributed by atoms with Crippen molar-refractivity contribution in [1.29, 1.82) is 10.5 Å². The van der Waals surface area contributed by atoms with Crippen LogP contribution < -0.4 is 0 Å². The quantitative estimate of drug-likeness (QED) is 0.0480. The van der Waals surface area contributed by atoms with Crippen molar-refractivity contribution in [3.63, 3.8) is 0 Å². The molecule has 4 rings (SSSR count). The molecule has 0 spiro atoms. The molecule has 0 atom stereocenters. The summed E-state index contributed by atoms with van der Waals surface area (Å²) in [6.07, 6.45) is 1.83. The summed E-state index contributed by atoms with van der Waals surface area (Å²) in [7, 11) is 0. The first kappa shape index (κ1) is 41.7. The highest BCUT2D eigenvalue weighted by Crippen LogP contribution is 2.30. The summed E-state index contributed by atoms with van der Waals surface area (Å²) >= 11 is 0. The van der Waals surface area contributed by atoms with Gasteiger partial charge < -0.3 is 18.9 Å². The van der Waals surface area contributed by atoms with Crippen molar-refractivity contribution in [2.24, 2.45) is 10.8 Å². The maximum absolute atomic E-state index is 13.2. The third-order valence-corrected chi connectivity index (χ3v) is 8.14. The fourth-order valence-corrected chi connectivity index (χ4v) is 5.25. The van der Waals surface area contributed by atoms with Crippen LogP contribution in [0.15, 0.2) is 145 Å². The number of benzene rings is 4. The van der Waals surface area contributed by atoms with Crippen LogP contribution in [0.5, 0.6) is 0 Å². The lowest BCUT2D eigenvalue weighted by Crippen LogP contribution is -2.29. The zero-order chi connectivity index (χ0) is 40.6. The van der Waals surface area contributed by atoms with Crippen molar-refractivity contribution in [1.82, 2.24) is 0 Å². The van der Waals surface area contributed by atoms with Gasteiger partial charge in [0.15, 0.2) is 0 Å². The normalized spacial score (nSPS) is 11.0. The highest BCUT2D eigenvalue weighted by atomic mass is 16.6. The molecule has 0 aliphatic carbocycles. The molecule has 0 aliphatic rings. The van der Waals surface area contributed by atoms with E-state index in [1.54, 1.807) is 76.2 Å². The first-order valence-electron chi connectivity index (χ1n) is 17.7. The number of ether oxygens (including phenoxy) is 4.